The highest BCUT2D eigenvalue weighted by Gasteiger charge is 2.23. The fraction of sp³-hybridized carbons (Fsp3) is 0.462. The monoisotopic (exact) mass is 266 g/mol. The van der Waals surface area contributed by atoms with E-state index in [0.29, 0.717) is 17.3 Å². The number of rotatable bonds is 2. The molecule has 1 heterocycles. The molecule has 1 unspecified atom stereocenters. The highest BCUT2D eigenvalue weighted by Crippen LogP contribution is 2.29. The normalized spacial score (nSPS) is 19.7. The Morgan fingerprint density at radius 2 is 2.33 bits per heavy atom. The van der Waals surface area contributed by atoms with Gasteiger partial charge in [0.15, 0.2) is 0 Å². The minimum absolute atomic E-state index is 0.331. The summed E-state index contributed by atoms with van der Waals surface area (Å²) >= 11 is 1.94. The Kier molecular flexibility index (Phi) is 4.01. The van der Waals surface area contributed by atoms with Gasteiger partial charge in [0.1, 0.15) is 0 Å². The number of thioether (sulfide) groups is 1. The van der Waals surface area contributed by atoms with Crippen molar-refractivity contribution in [3.05, 3.63) is 23.8 Å². The molecule has 1 aliphatic heterocycles. The number of methoxy groups -OCH3 is 1. The number of carbonyl (C=O) groups is 1. The van der Waals surface area contributed by atoms with Crippen molar-refractivity contribution in [2.24, 2.45) is 0 Å². The van der Waals surface area contributed by atoms with E-state index < -0.39 is 0 Å². The van der Waals surface area contributed by atoms with E-state index in [1.54, 1.807) is 6.07 Å². The number of carbonyl (C=O) groups excluding carboxylic acids is 1. The number of nitrogens with zero attached hydrogens (tertiary/aromatic N) is 1. The lowest BCUT2D eigenvalue weighted by atomic mass is 10.1. The second-order valence-electron chi connectivity index (χ2n) is 4.39. The fourth-order valence-corrected chi connectivity index (χ4v) is 3.18. The van der Waals surface area contributed by atoms with Gasteiger partial charge in [-0.2, -0.15) is 11.8 Å². The fourth-order valence-electron chi connectivity index (χ4n) is 2.16. The maximum absolute atomic E-state index is 11.8. The maximum Gasteiger partial charge on any atom is 0.340 e. The minimum Gasteiger partial charge on any atom is -0.465 e. The van der Waals surface area contributed by atoms with Crippen LogP contribution in [0.5, 0.6) is 0 Å². The van der Waals surface area contributed by atoms with Crippen LogP contribution in [0.25, 0.3) is 0 Å². The quantitative estimate of drug-likeness (QED) is 0.655. The number of esters is 1. The smallest absolute Gasteiger partial charge is 0.340 e. The number of nitrogens with two attached hydrogens (primary N) is 1. The Morgan fingerprint density at radius 3 is 3.00 bits per heavy atom. The summed E-state index contributed by atoms with van der Waals surface area (Å²) in [5, 5.41) is 0. The van der Waals surface area contributed by atoms with Crippen LogP contribution < -0.4 is 10.6 Å². The van der Waals surface area contributed by atoms with Gasteiger partial charge in [0.2, 0.25) is 0 Å². The van der Waals surface area contributed by atoms with E-state index in [0.717, 1.165) is 23.7 Å². The van der Waals surface area contributed by atoms with Gasteiger partial charge in [-0.1, -0.05) is 0 Å². The molecule has 0 saturated carbocycles. The number of ether oxygens (including phenoxy) is 1. The Labute approximate surface area is 111 Å². The first-order valence-corrected chi connectivity index (χ1v) is 7.11. The average molecular weight is 266 g/mol. The summed E-state index contributed by atoms with van der Waals surface area (Å²) in [6.45, 7) is 3.11. The standard InChI is InChI=1S/C13H18N2O2S/c1-9-8-18-6-5-15(9)12-4-3-10(14)7-11(12)13(16)17-2/h3-4,7,9H,5-6,8,14H2,1-2H3. The number of hydrogen-bond acceptors (Lipinski definition) is 5. The first-order valence-electron chi connectivity index (χ1n) is 5.95. The van der Waals surface area contributed by atoms with Crippen molar-refractivity contribution in [3.63, 3.8) is 0 Å². The summed E-state index contributed by atoms with van der Waals surface area (Å²) in [6.07, 6.45) is 0. The van der Waals surface area contributed by atoms with E-state index in [1.165, 1.54) is 7.11 Å². The second-order valence-corrected chi connectivity index (χ2v) is 5.54. The Bertz CT molecular complexity index is 451. The summed E-state index contributed by atoms with van der Waals surface area (Å²) in [4.78, 5) is 14.1. The second kappa shape index (κ2) is 5.52. The number of anilines is 2. The van der Waals surface area contributed by atoms with Crippen LogP contribution in [0.1, 0.15) is 17.3 Å². The molecule has 0 radical (unpaired) electrons. The first kappa shape index (κ1) is 13.1. The summed E-state index contributed by atoms with van der Waals surface area (Å²) in [5.41, 5.74) is 7.81. The van der Waals surface area contributed by atoms with Gasteiger partial charge in [0.25, 0.3) is 0 Å². The molecule has 98 valence electrons. The van der Waals surface area contributed by atoms with Crippen LogP contribution in [0.15, 0.2) is 18.2 Å². The van der Waals surface area contributed by atoms with Gasteiger partial charge in [0.05, 0.1) is 18.4 Å². The lowest BCUT2D eigenvalue weighted by Crippen LogP contribution is -2.41. The van der Waals surface area contributed by atoms with Crippen LogP contribution in [0.3, 0.4) is 0 Å². The SMILES string of the molecule is COC(=O)c1cc(N)ccc1N1CCSCC1C. The summed E-state index contributed by atoms with van der Waals surface area (Å²) < 4.78 is 4.83. The average Bonchev–Trinajstić information content (AvgIpc) is 2.39. The van der Waals surface area contributed by atoms with E-state index in [4.69, 9.17) is 10.5 Å². The van der Waals surface area contributed by atoms with Crippen molar-refractivity contribution in [1.82, 2.24) is 0 Å². The van der Waals surface area contributed by atoms with E-state index in [9.17, 15) is 4.79 Å². The lowest BCUT2D eigenvalue weighted by Gasteiger charge is -2.36. The highest BCUT2D eigenvalue weighted by molar-refractivity contribution is 7.99. The molecule has 1 aromatic rings. The zero-order valence-corrected chi connectivity index (χ0v) is 11.5. The molecule has 0 aromatic heterocycles. The van der Waals surface area contributed by atoms with Crippen LogP contribution in [0.2, 0.25) is 0 Å². The van der Waals surface area contributed by atoms with E-state index >= 15 is 0 Å². The van der Waals surface area contributed by atoms with Crippen molar-refractivity contribution >= 4 is 29.1 Å². The molecule has 1 aromatic carbocycles. The molecule has 18 heavy (non-hydrogen) atoms. The van der Waals surface area contributed by atoms with Gasteiger partial charge in [-0.25, -0.2) is 4.79 Å². The van der Waals surface area contributed by atoms with E-state index in [1.807, 2.05) is 23.9 Å². The summed E-state index contributed by atoms with van der Waals surface area (Å²) in [5.74, 6) is 1.82. The molecule has 0 aliphatic carbocycles. The van der Waals surface area contributed by atoms with Crippen molar-refractivity contribution < 1.29 is 9.53 Å². The molecule has 4 nitrogen and oxygen atoms in total. The van der Waals surface area contributed by atoms with Crippen molar-refractivity contribution in [2.75, 3.05) is 35.8 Å². The third kappa shape index (κ3) is 2.56. The highest BCUT2D eigenvalue weighted by atomic mass is 32.2. The third-order valence-electron chi connectivity index (χ3n) is 3.10. The molecule has 1 saturated heterocycles. The van der Waals surface area contributed by atoms with Gasteiger partial charge in [-0.05, 0) is 25.1 Å². The summed E-state index contributed by atoms with van der Waals surface area (Å²) in [6, 6.07) is 5.84. The summed E-state index contributed by atoms with van der Waals surface area (Å²) in [7, 11) is 1.39. The van der Waals surface area contributed by atoms with Gasteiger partial charge in [0, 0.05) is 29.8 Å². The number of hydrogen-bond donors (Lipinski definition) is 1. The molecule has 1 fully saturated rings. The van der Waals surface area contributed by atoms with Crippen molar-refractivity contribution in [1.29, 1.82) is 0 Å². The van der Waals surface area contributed by atoms with Crippen LogP contribution in [-0.2, 0) is 4.74 Å². The van der Waals surface area contributed by atoms with Crippen molar-refractivity contribution in [2.45, 2.75) is 13.0 Å². The molecule has 0 bridgehead atoms. The van der Waals surface area contributed by atoms with Gasteiger partial charge < -0.3 is 15.4 Å². The largest absolute Gasteiger partial charge is 0.465 e. The van der Waals surface area contributed by atoms with Gasteiger partial charge in [-0.3, -0.25) is 0 Å². The van der Waals surface area contributed by atoms with Gasteiger partial charge in [-0.15, -0.1) is 0 Å². The zero-order valence-electron chi connectivity index (χ0n) is 10.7. The molecule has 2 N–H and O–H groups in total. The molecule has 0 amide bonds. The Hall–Kier alpha value is -1.36. The van der Waals surface area contributed by atoms with Crippen molar-refractivity contribution in [3.8, 4) is 0 Å². The molecule has 0 spiro atoms. The number of nitrogen functional groups attached to an aromatic ring is 1. The number of benzene rings is 1. The van der Waals surface area contributed by atoms with Crippen LogP contribution in [0.4, 0.5) is 11.4 Å². The predicted octanol–water partition coefficient (Wildman–Crippen LogP) is 2.00. The van der Waals surface area contributed by atoms with Gasteiger partial charge >= 0.3 is 5.97 Å². The van der Waals surface area contributed by atoms with E-state index in [2.05, 4.69) is 11.8 Å². The molecule has 1 atom stereocenters. The first-order chi connectivity index (χ1) is 8.63. The van der Waals surface area contributed by atoms with Crippen LogP contribution in [-0.4, -0.2) is 37.2 Å². The minimum atomic E-state index is -0.331. The Balaban J connectivity index is 2.39. The zero-order chi connectivity index (χ0) is 13.1. The van der Waals surface area contributed by atoms with Crippen LogP contribution in [0, 0.1) is 0 Å². The lowest BCUT2D eigenvalue weighted by molar-refractivity contribution is 0.0601. The third-order valence-corrected chi connectivity index (χ3v) is 4.29. The molecule has 5 heteroatoms. The molecule has 1 aliphatic rings. The predicted molar refractivity (Wildman–Crippen MR) is 76.3 cm³/mol. The molecular weight excluding hydrogens is 248 g/mol. The Morgan fingerprint density at radius 1 is 1.56 bits per heavy atom. The molecular formula is C13H18N2O2S. The topological polar surface area (TPSA) is 55.6 Å². The van der Waals surface area contributed by atoms with E-state index in [-0.39, 0.29) is 5.97 Å². The molecule has 2 rings (SSSR count). The maximum atomic E-state index is 11.8. The van der Waals surface area contributed by atoms with Crippen LogP contribution >= 0.6 is 11.8 Å².